The Morgan fingerprint density at radius 2 is 1.96 bits per heavy atom. The molecule has 1 spiro atoms. The smallest absolute Gasteiger partial charge is 0.225 e. The zero-order valence-corrected chi connectivity index (χ0v) is 16.7. The number of likely N-dealkylation sites (tertiary alicyclic amines) is 1. The third kappa shape index (κ3) is 3.48. The number of fused-ring (bicyclic) bond motifs is 1. The lowest BCUT2D eigenvalue weighted by molar-refractivity contribution is -0.140. The highest BCUT2D eigenvalue weighted by Crippen LogP contribution is 2.45. The molecular formula is C21H33N3O3. The maximum Gasteiger partial charge on any atom is 0.225 e. The van der Waals surface area contributed by atoms with Gasteiger partial charge in [-0.2, -0.15) is 5.10 Å². The number of aromatic nitrogens is 2. The largest absolute Gasteiger partial charge is 0.483 e. The summed E-state index contributed by atoms with van der Waals surface area (Å²) in [6.45, 7) is 5.60. The monoisotopic (exact) mass is 375 g/mol. The molecule has 1 atom stereocenters. The molecule has 2 aliphatic heterocycles. The van der Waals surface area contributed by atoms with Gasteiger partial charge < -0.3 is 14.7 Å². The van der Waals surface area contributed by atoms with Crippen LogP contribution in [0.2, 0.25) is 0 Å². The van der Waals surface area contributed by atoms with Gasteiger partial charge in [0.15, 0.2) is 5.75 Å². The van der Waals surface area contributed by atoms with Crippen LogP contribution in [-0.4, -0.2) is 44.4 Å². The van der Waals surface area contributed by atoms with Gasteiger partial charge in [0.05, 0.1) is 12.2 Å². The maximum absolute atomic E-state index is 12.7. The first-order chi connectivity index (χ1) is 13.0. The minimum absolute atomic E-state index is 0.133. The Kier molecular flexibility index (Phi) is 5.19. The third-order valence-corrected chi connectivity index (χ3v) is 6.95. The van der Waals surface area contributed by atoms with E-state index in [1.807, 2.05) is 15.8 Å². The van der Waals surface area contributed by atoms with Crippen molar-refractivity contribution in [2.24, 2.45) is 5.92 Å². The molecule has 4 rings (SSSR count). The van der Waals surface area contributed by atoms with E-state index in [-0.39, 0.29) is 17.4 Å². The highest BCUT2D eigenvalue weighted by Gasteiger charge is 2.45. The van der Waals surface area contributed by atoms with Crippen LogP contribution in [0.4, 0.5) is 0 Å². The predicted octanol–water partition coefficient (Wildman–Crippen LogP) is 3.61. The zero-order valence-electron chi connectivity index (χ0n) is 16.7. The van der Waals surface area contributed by atoms with Crippen molar-refractivity contribution >= 4 is 5.91 Å². The SMILES string of the molecule is CCC(CC)C(=O)N1CCC2(CC1)CC(O)c1nn(C3CCCC3)cc1O2. The van der Waals surface area contributed by atoms with Gasteiger partial charge in [0.25, 0.3) is 0 Å². The first-order valence-corrected chi connectivity index (χ1v) is 10.8. The van der Waals surface area contributed by atoms with Crippen LogP contribution in [-0.2, 0) is 4.79 Å². The lowest BCUT2D eigenvalue weighted by atomic mass is 9.82. The molecule has 1 saturated heterocycles. The van der Waals surface area contributed by atoms with E-state index in [0.717, 1.165) is 44.3 Å². The number of nitrogens with zero attached hydrogens (tertiary/aromatic N) is 3. The maximum atomic E-state index is 12.7. The zero-order chi connectivity index (χ0) is 19.0. The third-order valence-electron chi connectivity index (χ3n) is 6.95. The summed E-state index contributed by atoms with van der Waals surface area (Å²) >= 11 is 0. The highest BCUT2D eigenvalue weighted by molar-refractivity contribution is 5.78. The Balaban J connectivity index is 1.45. The van der Waals surface area contributed by atoms with Crippen molar-refractivity contribution in [2.75, 3.05) is 13.1 Å². The number of hydrogen-bond donors (Lipinski definition) is 1. The average molecular weight is 376 g/mol. The van der Waals surface area contributed by atoms with Crippen molar-refractivity contribution in [2.45, 2.75) is 89.4 Å². The van der Waals surface area contributed by atoms with E-state index in [9.17, 15) is 9.90 Å². The Hall–Kier alpha value is -1.56. The molecule has 6 nitrogen and oxygen atoms in total. The predicted molar refractivity (Wildman–Crippen MR) is 103 cm³/mol. The van der Waals surface area contributed by atoms with Gasteiger partial charge in [-0.25, -0.2) is 0 Å². The molecule has 0 radical (unpaired) electrons. The van der Waals surface area contributed by atoms with Gasteiger partial charge in [-0.15, -0.1) is 0 Å². The molecule has 6 heteroatoms. The highest BCUT2D eigenvalue weighted by atomic mass is 16.5. The molecule has 27 heavy (non-hydrogen) atoms. The number of ether oxygens (including phenoxy) is 1. The average Bonchev–Trinajstić information content (AvgIpc) is 3.32. The second-order valence-corrected chi connectivity index (χ2v) is 8.64. The van der Waals surface area contributed by atoms with Gasteiger partial charge in [-0.1, -0.05) is 26.7 Å². The molecule has 1 unspecified atom stereocenters. The van der Waals surface area contributed by atoms with E-state index in [0.29, 0.717) is 31.2 Å². The molecule has 1 N–H and O–H groups in total. The second-order valence-electron chi connectivity index (χ2n) is 8.64. The fourth-order valence-corrected chi connectivity index (χ4v) is 5.12. The summed E-state index contributed by atoms with van der Waals surface area (Å²) in [5, 5.41) is 15.4. The Morgan fingerprint density at radius 1 is 1.30 bits per heavy atom. The van der Waals surface area contributed by atoms with Gasteiger partial charge in [0, 0.05) is 38.3 Å². The van der Waals surface area contributed by atoms with Gasteiger partial charge in [-0.05, 0) is 25.7 Å². The molecule has 3 aliphatic rings. The van der Waals surface area contributed by atoms with E-state index < -0.39 is 6.10 Å². The van der Waals surface area contributed by atoms with E-state index in [4.69, 9.17) is 4.74 Å². The van der Waals surface area contributed by atoms with Crippen LogP contribution in [0.15, 0.2) is 6.20 Å². The van der Waals surface area contributed by atoms with Crippen LogP contribution in [0, 0.1) is 5.92 Å². The summed E-state index contributed by atoms with van der Waals surface area (Å²) in [7, 11) is 0. The number of rotatable bonds is 4. The van der Waals surface area contributed by atoms with E-state index in [1.165, 1.54) is 12.8 Å². The molecule has 1 aromatic rings. The van der Waals surface area contributed by atoms with Crippen LogP contribution in [0.3, 0.4) is 0 Å². The lowest BCUT2D eigenvalue weighted by Crippen LogP contribution is -2.52. The number of carbonyl (C=O) groups is 1. The summed E-state index contributed by atoms with van der Waals surface area (Å²) in [5.41, 5.74) is 0.337. The fourth-order valence-electron chi connectivity index (χ4n) is 5.12. The molecule has 0 bridgehead atoms. The molecule has 1 aromatic heterocycles. The standard InChI is InChI=1S/C21H33N3O3/c1-3-15(4-2)20(26)23-11-9-21(10-12-23)13-17(25)19-18(27-21)14-24(22-19)16-7-5-6-8-16/h14-17,25H,3-13H2,1-2H3. The van der Waals surface area contributed by atoms with Crippen molar-refractivity contribution in [3.8, 4) is 5.75 Å². The summed E-state index contributed by atoms with van der Waals surface area (Å²) in [6.07, 6.45) is 10.2. The lowest BCUT2D eigenvalue weighted by Gasteiger charge is -2.45. The fraction of sp³-hybridized carbons (Fsp3) is 0.810. The summed E-state index contributed by atoms with van der Waals surface area (Å²) in [4.78, 5) is 14.7. The number of aliphatic hydroxyl groups is 1. The number of aliphatic hydroxyl groups excluding tert-OH is 1. The van der Waals surface area contributed by atoms with Crippen LogP contribution < -0.4 is 4.74 Å². The molecule has 150 valence electrons. The molecule has 2 fully saturated rings. The first-order valence-electron chi connectivity index (χ1n) is 10.8. The van der Waals surface area contributed by atoms with Gasteiger partial charge in [0.2, 0.25) is 5.91 Å². The number of hydrogen-bond acceptors (Lipinski definition) is 4. The Labute approximate surface area is 161 Å². The molecule has 1 saturated carbocycles. The van der Waals surface area contributed by atoms with Crippen LogP contribution in [0.1, 0.15) is 89.5 Å². The molecule has 1 aliphatic carbocycles. The van der Waals surface area contributed by atoms with Gasteiger partial charge >= 0.3 is 0 Å². The number of carbonyl (C=O) groups excluding carboxylic acids is 1. The van der Waals surface area contributed by atoms with E-state index >= 15 is 0 Å². The topological polar surface area (TPSA) is 67.6 Å². The van der Waals surface area contributed by atoms with Crippen molar-refractivity contribution < 1.29 is 14.6 Å². The summed E-state index contributed by atoms with van der Waals surface area (Å²) < 4.78 is 8.45. The quantitative estimate of drug-likeness (QED) is 0.873. The van der Waals surface area contributed by atoms with Crippen molar-refractivity contribution in [1.82, 2.24) is 14.7 Å². The number of amides is 1. The van der Waals surface area contributed by atoms with Gasteiger partial charge in [0.1, 0.15) is 17.4 Å². The molecule has 0 aromatic carbocycles. The van der Waals surface area contributed by atoms with Crippen molar-refractivity contribution in [1.29, 1.82) is 0 Å². The van der Waals surface area contributed by atoms with Gasteiger partial charge in [-0.3, -0.25) is 9.48 Å². The molecule has 1 amide bonds. The Morgan fingerprint density at radius 3 is 2.59 bits per heavy atom. The van der Waals surface area contributed by atoms with E-state index in [2.05, 4.69) is 18.9 Å². The minimum atomic E-state index is -0.572. The normalized spacial score (nSPS) is 25.0. The molecular weight excluding hydrogens is 342 g/mol. The second kappa shape index (κ2) is 7.46. The summed E-state index contributed by atoms with van der Waals surface area (Å²) in [5.74, 6) is 1.16. The minimum Gasteiger partial charge on any atom is -0.483 e. The van der Waals surface area contributed by atoms with E-state index in [1.54, 1.807) is 0 Å². The van der Waals surface area contributed by atoms with Crippen LogP contribution in [0.5, 0.6) is 5.75 Å². The first kappa shape index (κ1) is 18.8. The summed E-state index contributed by atoms with van der Waals surface area (Å²) in [6, 6.07) is 0.446. The number of piperidine rings is 1. The molecule has 3 heterocycles. The van der Waals surface area contributed by atoms with Crippen LogP contribution in [0.25, 0.3) is 0 Å². The van der Waals surface area contributed by atoms with Crippen molar-refractivity contribution in [3.63, 3.8) is 0 Å². The van der Waals surface area contributed by atoms with Crippen molar-refractivity contribution in [3.05, 3.63) is 11.9 Å². The van der Waals surface area contributed by atoms with Crippen LogP contribution >= 0.6 is 0 Å². The Bertz CT molecular complexity index is 668.